The molecular weight excluding hydrogens is 162 g/mol. The molecular formula is C8H12ClNO. The molecule has 11 heavy (non-hydrogen) atoms. The van der Waals surface area contributed by atoms with Crippen LogP contribution in [0.5, 0.6) is 0 Å². The molecule has 0 fully saturated rings. The maximum absolute atomic E-state index is 5.85. The van der Waals surface area contributed by atoms with E-state index in [9.17, 15) is 0 Å². The van der Waals surface area contributed by atoms with Gasteiger partial charge in [-0.25, -0.2) is 0 Å². The van der Waals surface area contributed by atoms with Crippen LogP contribution in [0.25, 0.3) is 0 Å². The topological polar surface area (TPSA) is 39.2 Å². The van der Waals surface area contributed by atoms with E-state index in [1.165, 1.54) is 0 Å². The average molecular weight is 174 g/mol. The highest BCUT2D eigenvalue weighted by Crippen LogP contribution is 2.26. The Balaban J connectivity index is 3.13. The van der Waals surface area contributed by atoms with E-state index in [0.717, 1.165) is 11.3 Å². The second-order valence-corrected chi connectivity index (χ2v) is 3.61. The zero-order valence-electron chi connectivity index (χ0n) is 6.94. The number of rotatable bonds is 1. The lowest BCUT2D eigenvalue weighted by atomic mass is 9.97. The zero-order chi connectivity index (χ0) is 8.65. The fraction of sp³-hybridized carbons (Fsp3) is 0.500. The summed E-state index contributed by atoms with van der Waals surface area (Å²) in [5.41, 5.74) is 6.44. The number of furan rings is 1. The van der Waals surface area contributed by atoms with E-state index in [2.05, 4.69) is 0 Å². The Kier molecular flexibility index (Phi) is 1.99. The van der Waals surface area contributed by atoms with E-state index in [4.69, 9.17) is 21.8 Å². The standard InChI is InChI=1S/C8H12ClNO/c1-5-6(8(2,3)10)4-7(9)11-5/h4H,10H2,1-3H3. The monoisotopic (exact) mass is 173 g/mol. The molecule has 3 heteroatoms. The summed E-state index contributed by atoms with van der Waals surface area (Å²) in [7, 11) is 0. The van der Waals surface area contributed by atoms with Crippen molar-refractivity contribution in [2.45, 2.75) is 26.3 Å². The van der Waals surface area contributed by atoms with E-state index in [-0.39, 0.29) is 5.54 Å². The molecule has 1 rings (SSSR count). The van der Waals surface area contributed by atoms with Gasteiger partial charge in [0.2, 0.25) is 0 Å². The number of nitrogens with two attached hydrogens (primary N) is 1. The van der Waals surface area contributed by atoms with E-state index in [0.29, 0.717) is 5.22 Å². The van der Waals surface area contributed by atoms with E-state index >= 15 is 0 Å². The van der Waals surface area contributed by atoms with E-state index in [1.807, 2.05) is 20.8 Å². The molecule has 1 heterocycles. The van der Waals surface area contributed by atoms with Crippen LogP contribution in [0.1, 0.15) is 25.2 Å². The summed E-state index contributed by atoms with van der Waals surface area (Å²) in [6, 6.07) is 1.76. The second kappa shape index (κ2) is 2.54. The largest absolute Gasteiger partial charge is 0.450 e. The van der Waals surface area contributed by atoms with Crippen molar-refractivity contribution in [3.05, 3.63) is 22.6 Å². The smallest absolute Gasteiger partial charge is 0.193 e. The fourth-order valence-corrected chi connectivity index (χ4v) is 1.31. The van der Waals surface area contributed by atoms with Gasteiger partial charge in [0.05, 0.1) is 0 Å². The molecule has 0 atom stereocenters. The van der Waals surface area contributed by atoms with Gasteiger partial charge in [-0.1, -0.05) is 0 Å². The molecule has 0 aromatic carbocycles. The number of halogens is 1. The van der Waals surface area contributed by atoms with Crippen LogP contribution in [0.15, 0.2) is 10.5 Å². The lowest BCUT2D eigenvalue weighted by Crippen LogP contribution is -2.28. The molecule has 0 radical (unpaired) electrons. The zero-order valence-corrected chi connectivity index (χ0v) is 7.70. The van der Waals surface area contributed by atoms with E-state index < -0.39 is 0 Å². The van der Waals surface area contributed by atoms with Crippen LogP contribution in [0.4, 0.5) is 0 Å². The molecule has 1 aromatic rings. The lowest BCUT2D eigenvalue weighted by molar-refractivity contribution is 0.497. The van der Waals surface area contributed by atoms with Crippen LogP contribution in [0.3, 0.4) is 0 Å². The van der Waals surface area contributed by atoms with Crippen molar-refractivity contribution in [1.82, 2.24) is 0 Å². The molecule has 1 aromatic heterocycles. The Bertz CT molecular complexity index is 260. The minimum absolute atomic E-state index is 0.374. The number of aryl methyl sites for hydroxylation is 1. The van der Waals surface area contributed by atoms with E-state index in [1.54, 1.807) is 6.07 Å². The first-order chi connectivity index (χ1) is 4.91. The molecule has 0 spiro atoms. The molecule has 62 valence electrons. The Hall–Kier alpha value is -0.470. The summed E-state index contributed by atoms with van der Waals surface area (Å²) in [5.74, 6) is 0.794. The van der Waals surface area contributed by atoms with Crippen LogP contribution in [0.2, 0.25) is 5.22 Å². The molecule has 0 amide bonds. The Morgan fingerprint density at radius 1 is 1.55 bits per heavy atom. The van der Waals surface area contributed by atoms with Gasteiger partial charge in [-0.2, -0.15) is 0 Å². The third-order valence-electron chi connectivity index (χ3n) is 1.58. The van der Waals surface area contributed by atoms with Crippen molar-refractivity contribution in [3.63, 3.8) is 0 Å². The van der Waals surface area contributed by atoms with Crippen molar-refractivity contribution in [2.24, 2.45) is 5.73 Å². The summed E-state index contributed by atoms with van der Waals surface area (Å²) in [6.07, 6.45) is 0. The van der Waals surface area contributed by atoms with Gasteiger partial charge in [-0.05, 0) is 32.4 Å². The normalized spacial score (nSPS) is 12.1. The van der Waals surface area contributed by atoms with Gasteiger partial charge in [0, 0.05) is 17.2 Å². The van der Waals surface area contributed by atoms with Crippen LogP contribution in [-0.4, -0.2) is 0 Å². The molecule has 0 unspecified atom stereocenters. The van der Waals surface area contributed by atoms with Crippen molar-refractivity contribution in [2.75, 3.05) is 0 Å². The molecule has 0 saturated heterocycles. The number of hydrogen-bond donors (Lipinski definition) is 1. The SMILES string of the molecule is Cc1oc(Cl)cc1C(C)(C)N. The van der Waals surface area contributed by atoms with Crippen molar-refractivity contribution >= 4 is 11.6 Å². The summed E-state index contributed by atoms with van der Waals surface area (Å²) in [5, 5.41) is 0.399. The summed E-state index contributed by atoms with van der Waals surface area (Å²) in [4.78, 5) is 0. The molecule has 0 aliphatic heterocycles. The average Bonchev–Trinajstić information content (AvgIpc) is 2.08. The van der Waals surface area contributed by atoms with Gasteiger partial charge in [0.25, 0.3) is 0 Å². The molecule has 0 aliphatic carbocycles. The fourth-order valence-electron chi connectivity index (χ4n) is 1.09. The van der Waals surface area contributed by atoms with Gasteiger partial charge in [-0.3, -0.25) is 0 Å². The molecule has 0 aliphatic rings. The molecule has 2 nitrogen and oxygen atoms in total. The van der Waals surface area contributed by atoms with Crippen LogP contribution in [0, 0.1) is 6.92 Å². The minimum Gasteiger partial charge on any atom is -0.450 e. The summed E-state index contributed by atoms with van der Waals surface area (Å²) < 4.78 is 5.13. The second-order valence-electron chi connectivity index (χ2n) is 3.24. The molecule has 2 N–H and O–H groups in total. The number of hydrogen-bond acceptors (Lipinski definition) is 2. The quantitative estimate of drug-likeness (QED) is 0.709. The van der Waals surface area contributed by atoms with Crippen LogP contribution in [-0.2, 0) is 5.54 Å². The third kappa shape index (κ3) is 1.76. The predicted molar refractivity (Wildman–Crippen MR) is 45.7 cm³/mol. The van der Waals surface area contributed by atoms with Crippen LogP contribution < -0.4 is 5.73 Å². The molecule has 0 saturated carbocycles. The van der Waals surface area contributed by atoms with Crippen molar-refractivity contribution in [3.8, 4) is 0 Å². The van der Waals surface area contributed by atoms with Gasteiger partial charge in [0.15, 0.2) is 5.22 Å². The molecule has 0 bridgehead atoms. The maximum Gasteiger partial charge on any atom is 0.193 e. The minimum atomic E-state index is -0.374. The van der Waals surface area contributed by atoms with Gasteiger partial charge >= 0.3 is 0 Å². The third-order valence-corrected chi connectivity index (χ3v) is 1.77. The Labute approximate surface area is 71.3 Å². The maximum atomic E-state index is 5.85. The van der Waals surface area contributed by atoms with Crippen molar-refractivity contribution in [1.29, 1.82) is 0 Å². The lowest BCUT2D eigenvalue weighted by Gasteiger charge is -2.16. The van der Waals surface area contributed by atoms with Gasteiger partial charge in [0.1, 0.15) is 5.76 Å². The highest BCUT2D eigenvalue weighted by atomic mass is 35.5. The Morgan fingerprint density at radius 2 is 2.09 bits per heavy atom. The highest BCUT2D eigenvalue weighted by molar-refractivity contribution is 6.28. The Morgan fingerprint density at radius 3 is 2.27 bits per heavy atom. The predicted octanol–water partition coefficient (Wildman–Crippen LogP) is 2.44. The summed E-state index contributed by atoms with van der Waals surface area (Å²) >= 11 is 5.65. The first-order valence-electron chi connectivity index (χ1n) is 3.46. The van der Waals surface area contributed by atoms with Crippen LogP contribution >= 0.6 is 11.6 Å². The first-order valence-corrected chi connectivity index (χ1v) is 3.84. The first kappa shape index (κ1) is 8.62. The van der Waals surface area contributed by atoms with Gasteiger partial charge in [-0.15, -0.1) is 0 Å². The van der Waals surface area contributed by atoms with Crippen molar-refractivity contribution < 1.29 is 4.42 Å². The summed E-state index contributed by atoms with van der Waals surface area (Å²) in [6.45, 7) is 5.69. The van der Waals surface area contributed by atoms with Gasteiger partial charge < -0.3 is 10.2 Å². The highest BCUT2D eigenvalue weighted by Gasteiger charge is 2.20.